The van der Waals surface area contributed by atoms with E-state index in [0.29, 0.717) is 24.1 Å². The van der Waals surface area contributed by atoms with Crippen molar-refractivity contribution in [2.75, 3.05) is 19.6 Å². The second-order valence-electron chi connectivity index (χ2n) is 3.78. The highest BCUT2D eigenvalue weighted by Crippen LogP contribution is 2.09. The van der Waals surface area contributed by atoms with Crippen LogP contribution >= 0.6 is 12.2 Å². The fourth-order valence-corrected chi connectivity index (χ4v) is 2.22. The quantitative estimate of drug-likeness (QED) is 0.626. The molecular formula is C9H15N3OS. The first-order valence-corrected chi connectivity index (χ1v) is 5.50. The third kappa shape index (κ3) is 2.04. The van der Waals surface area contributed by atoms with Crippen LogP contribution in [0.15, 0.2) is 0 Å². The molecule has 0 bridgehead atoms. The van der Waals surface area contributed by atoms with Gasteiger partial charge in [0.2, 0.25) is 5.91 Å². The molecule has 2 fully saturated rings. The van der Waals surface area contributed by atoms with Crippen molar-refractivity contribution in [3.63, 3.8) is 0 Å². The van der Waals surface area contributed by atoms with Crippen LogP contribution in [0.5, 0.6) is 0 Å². The van der Waals surface area contributed by atoms with Gasteiger partial charge < -0.3 is 10.6 Å². The lowest BCUT2D eigenvalue weighted by Crippen LogP contribution is -2.53. The summed E-state index contributed by atoms with van der Waals surface area (Å²) in [6, 6.07) is 0.428. The predicted octanol–water partition coefficient (Wildman–Crippen LogP) is -0.155. The number of rotatable bonds is 2. The average Bonchev–Trinajstić information content (AvgIpc) is 2.64. The van der Waals surface area contributed by atoms with Crippen LogP contribution < -0.4 is 10.6 Å². The molecule has 0 radical (unpaired) electrons. The number of amides is 1. The number of nitrogens with zero attached hydrogens (tertiary/aromatic N) is 1. The Hall–Kier alpha value is -0.680. The zero-order chi connectivity index (χ0) is 9.97. The number of carbonyl (C=O) groups excluding carboxylic acids is 1. The molecule has 2 N–H and O–H groups in total. The monoisotopic (exact) mass is 213 g/mol. The van der Waals surface area contributed by atoms with E-state index < -0.39 is 0 Å². The van der Waals surface area contributed by atoms with E-state index in [4.69, 9.17) is 12.2 Å². The Bertz CT molecular complexity index is 234. The molecule has 2 saturated heterocycles. The number of hydrogen-bond donors (Lipinski definition) is 2. The molecule has 4 nitrogen and oxygen atoms in total. The molecule has 2 rings (SSSR count). The minimum absolute atomic E-state index is 0.155. The van der Waals surface area contributed by atoms with Gasteiger partial charge in [0.05, 0.1) is 0 Å². The summed E-state index contributed by atoms with van der Waals surface area (Å²) in [4.78, 5) is 13.3. The van der Waals surface area contributed by atoms with Crippen LogP contribution in [0.3, 0.4) is 0 Å². The minimum atomic E-state index is 0.155. The van der Waals surface area contributed by atoms with Gasteiger partial charge in [-0.2, -0.15) is 0 Å². The van der Waals surface area contributed by atoms with Gasteiger partial charge >= 0.3 is 0 Å². The van der Waals surface area contributed by atoms with Crippen molar-refractivity contribution in [1.29, 1.82) is 0 Å². The van der Waals surface area contributed by atoms with Crippen molar-refractivity contribution in [2.24, 2.45) is 0 Å². The third-order valence-electron chi connectivity index (χ3n) is 2.73. The van der Waals surface area contributed by atoms with Crippen LogP contribution in [-0.2, 0) is 4.79 Å². The topological polar surface area (TPSA) is 44.4 Å². The molecule has 5 heteroatoms. The summed E-state index contributed by atoms with van der Waals surface area (Å²) in [6.45, 7) is 2.48. The van der Waals surface area contributed by atoms with Crippen molar-refractivity contribution < 1.29 is 4.79 Å². The smallest absolute Gasteiger partial charge is 0.230 e. The molecule has 1 atom stereocenters. The average molecular weight is 213 g/mol. The van der Waals surface area contributed by atoms with Gasteiger partial charge in [0.1, 0.15) is 0 Å². The Morgan fingerprint density at radius 1 is 1.50 bits per heavy atom. The van der Waals surface area contributed by atoms with E-state index in [2.05, 4.69) is 10.6 Å². The second-order valence-corrected chi connectivity index (χ2v) is 4.17. The third-order valence-corrected chi connectivity index (χ3v) is 3.09. The van der Waals surface area contributed by atoms with Crippen LogP contribution in [0.25, 0.3) is 0 Å². The fraction of sp³-hybridized carbons (Fsp3) is 0.778. The number of hydrogen-bond acceptors (Lipinski definition) is 3. The molecular weight excluding hydrogens is 198 g/mol. The molecule has 78 valence electrons. The number of carbonyl (C=O) groups is 1. The molecule has 0 aromatic heterocycles. The molecule has 0 spiro atoms. The van der Waals surface area contributed by atoms with Crippen LogP contribution in [0.2, 0.25) is 0 Å². The lowest BCUT2D eigenvalue weighted by atomic mass is 10.2. The first-order valence-electron chi connectivity index (χ1n) is 5.09. The van der Waals surface area contributed by atoms with Gasteiger partial charge in [0, 0.05) is 25.6 Å². The highest BCUT2D eigenvalue weighted by atomic mass is 32.1. The van der Waals surface area contributed by atoms with Crippen molar-refractivity contribution in [1.82, 2.24) is 15.5 Å². The van der Waals surface area contributed by atoms with Crippen molar-refractivity contribution >= 4 is 23.2 Å². The van der Waals surface area contributed by atoms with Crippen LogP contribution in [0.1, 0.15) is 19.3 Å². The first kappa shape index (κ1) is 9.86. The van der Waals surface area contributed by atoms with E-state index in [1.807, 2.05) is 0 Å². The van der Waals surface area contributed by atoms with Gasteiger partial charge in [0.25, 0.3) is 0 Å². The Balaban J connectivity index is 1.93. The normalized spacial score (nSPS) is 28.0. The molecule has 1 amide bonds. The van der Waals surface area contributed by atoms with Gasteiger partial charge in [0.15, 0.2) is 5.11 Å². The SMILES string of the molecule is O=C1CCNC(=S)N1CC1CCCN1. The largest absolute Gasteiger partial charge is 0.362 e. The lowest BCUT2D eigenvalue weighted by molar-refractivity contribution is -0.128. The Morgan fingerprint density at radius 3 is 3.00 bits per heavy atom. The maximum Gasteiger partial charge on any atom is 0.230 e. The van der Waals surface area contributed by atoms with Gasteiger partial charge in [-0.25, -0.2) is 0 Å². The second kappa shape index (κ2) is 4.23. The predicted molar refractivity (Wildman–Crippen MR) is 58.0 cm³/mol. The molecule has 0 aliphatic carbocycles. The minimum Gasteiger partial charge on any atom is -0.362 e. The van der Waals surface area contributed by atoms with E-state index in [-0.39, 0.29) is 5.91 Å². The zero-order valence-electron chi connectivity index (χ0n) is 8.08. The van der Waals surface area contributed by atoms with Gasteiger partial charge in [-0.1, -0.05) is 0 Å². The van der Waals surface area contributed by atoms with E-state index in [1.165, 1.54) is 6.42 Å². The zero-order valence-corrected chi connectivity index (χ0v) is 8.90. The molecule has 0 saturated carbocycles. The molecule has 2 aliphatic rings. The fourth-order valence-electron chi connectivity index (χ4n) is 1.94. The number of nitrogens with one attached hydrogen (secondary N) is 2. The molecule has 2 heterocycles. The summed E-state index contributed by atoms with van der Waals surface area (Å²) in [5, 5.41) is 7.00. The number of thiocarbonyl (C=S) groups is 1. The van der Waals surface area contributed by atoms with Crippen LogP contribution in [0.4, 0.5) is 0 Å². The van der Waals surface area contributed by atoms with Crippen molar-refractivity contribution in [3.05, 3.63) is 0 Å². The van der Waals surface area contributed by atoms with Crippen molar-refractivity contribution in [3.8, 4) is 0 Å². The van der Waals surface area contributed by atoms with E-state index >= 15 is 0 Å². The Labute approximate surface area is 89.0 Å². The molecule has 0 aromatic rings. The van der Waals surface area contributed by atoms with Crippen LogP contribution in [0, 0.1) is 0 Å². The van der Waals surface area contributed by atoms with Crippen LogP contribution in [-0.4, -0.2) is 41.6 Å². The molecule has 14 heavy (non-hydrogen) atoms. The molecule has 0 aromatic carbocycles. The summed E-state index contributed by atoms with van der Waals surface area (Å²) in [5.74, 6) is 0.155. The maximum absolute atomic E-state index is 11.6. The highest BCUT2D eigenvalue weighted by molar-refractivity contribution is 7.80. The standard InChI is InChI=1S/C9H15N3OS/c13-8-3-5-11-9(14)12(8)6-7-2-1-4-10-7/h7,10H,1-6H2,(H,11,14). The maximum atomic E-state index is 11.6. The summed E-state index contributed by atoms with van der Waals surface area (Å²) < 4.78 is 0. The highest BCUT2D eigenvalue weighted by Gasteiger charge is 2.26. The summed E-state index contributed by atoms with van der Waals surface area (Å²) in [5.41, 5.74) is 0. The van der Waals surface area contributed by atoms with E-state index in [1.54, 1.807) is 4.90 Å². The van der Waals surface area contributed by atoms with Gasteiger partial charge in [-0.3, -0.25) is 9.69 Å². The van der Waals surface area contributed by atoms with E-state index in [9.17, 15) is 4.79 Å². The Kier molecular flexibility index (Phi) is 2.98. The summed E-state index contributed by atoms with van der Waals surface area (Å²) >= 11 is 5.11. The first-order chi connectivity index (χ1) is 6.77. The van der Waals surface area contributed by atoms with Crippen molar-refractivity contribution in [2.45, 2.75) is 25.3 Å². The summed E-state index contributed by atoms with van der Waals surface area (Å²) in [6.07, 6.45) is 2.91. The molecule has 2 aliphatic heterocycles. The van der Waals surface area contributed by atoms with E-state index in [0.717, 1.165) is 19.5 Å². The molecule has 1 unspecified atom stereocenters. The summed E-state index contributed by atoms with van der Waals surface area (Å²) in [7, 11) is 0. The van der Waals surface area contributed by atoms with Gasteiger partial charge in [-0.15, -0.1) is 0 Å². The lowest BCUT2D eigenvalue weighted by Gasteiger charge is -2.30. The van der Waals surface area contributed by atoms with Gasteiger partial charge in [-0.05, 0) is 31.6 Å². The Morgan fingerprint density at radius 2 is 2.36 bits per heavy atom.